The van der Waals surface area contributed by atoms with Crippen LogP contribution in [-0.2, 0) is 28.6 Å². The summed E-state index contributed by atoms with van der Waals surface area (Å²) in [4.78, 5) is 35.2. The number of rotatable bonds is 5. The SMILES string of the molecule is CCC(=O)O[C@@]12C[C@H](O)[C@@H](NC(C)=O)[C@@H](O1)[C@@H]([C@H](O)CO)OC2=O. The van der Waals surface area contributed by atoms with Crippen molar-refractivity contribution >= 4 is 17.8 Å². The first-order valence-corrected chi connectivity index (χ1v) is 7.59. The number of aliphatic hydroxyl groups is 3. The first-order chi connectivity index (χ1) is 11.2. The number of cyclic esters (lactones) is 1. The average Bonchev–Trinajstić information content (AvgIpc) is 2.53. The molecule has 0 saturated carbocycles. The lowest BCUT2D eigenvalue weighted by molar-refractivity contribution is -0.333. The Bertz CT molecular complexity index is 522. The third kappa shape index (κ3) is 3.36. The minimum atomic E-state index is -2.14. The van der Waals surface area contributed by atoms with E-state index in [1.54, 1.807) is 0 Å². The number of ether oxygens (including phenoxy) is 3. The quantitative estimate of drug-likeness (QED) is 0.398. The van der Waals surface area contributed by atoms with E-state index in [2.05, 4.69) is 5.32 Å². The smallest absolute Gasteiger partial charge is 0.380 e. The maximum Gasteiger partial charge on any atom is 0.380 e. The minimum Gasteiger partial charge on any atom is -0.452 e. The van der Waals surface area contributed by atoms with Gasteiger partial charge in [0.25, 0.3) is 0 Å². The zero-order chi connectivity index (χ0) is 18.1. The van der Waals surface area contributed by atoms with Crippen LogP contribution in [0.4, 0.5) is 0 Å². The molecule has 10 heteroatoms. The Morgan fingerprint density at radius 1 is 1.50 bits per heavy atom. The van der Waals surface area contributed by atoms with Gasteiger partial charge in [0.1, 0.15) is 12.2 Å². The molecule has 1 amide bonds. The summed E-state index contributed by atoms with van der Waals surface area (Å²) in [5.74, 6) is -4.44. The van der Waals surface area contributed by atoms with Gasteiger partial charge >= 0.3 is 17.7 Å². The molecule has 0 aromatic heterocycles. The van der Waals surface area contributed by atoms with Crippen LogP contribution in [0.15, 0.2) is 0 Å². The second-order valence-electron chi connectivity index (χ2n) is 5.78. The first-order valence-electron chi connectivity index (χ1n) is 7.59. The highest BCUT2D eigenvalue weighted by Gasteiger charge is 2.62. The Labute approximate surface area is 137 Å². The Morgan fingerprint density at radius 3 is 2.71 bits per heavy atom. The lowest BCUT2D eigenvalue weighted by Gasteiger charge is -2.51. The van der Waals surface area contributed by atoms with Gasteiger partial charge in [-0.05, 0) is 0 Å². The molecule has 2 saturated heterocycles. The highest BCUT2D eigenvalue weighted by Crippen LogP contribution is 2.39. The topological polar surface area (TPSA) is 152 Å². The van der Waals surface area contributed by atoms with Gasteiger partial charge in [-0.2, -0.15) is 0 Å². The number of hydrogen-bond donors (Lipinski definition) is 4. The van der Waals surface area contributed by atoms with Gasteiger partial charge in [-0.3, -0.25) is 9.59 Å². The van der Waals surface area contributed by atoms with Crippen molar-refractivity contribution in [2.24, 2.45) is 0 Å². The number of carbonyl (C=O) groups is 3. The molecule has 6 atom stereocenters. The monoisotopic (exact) mass is 347 g/mol. The fourth-order valence-electron chi connectivity index (χ4n) is 2.82. The molecule has 2 aliphatic heterocycles. The third-order valence-electron chi connectivity index (χ3n) is 3.95. The van der Waals surface area contributed by atoms with Gasteiger partial charge < -0.3 is 34.8 Å². The van der Waals surface area contributed by atoms with Crippen molar-refractivity contribution in [1.29, 1.82) is 0 Å². The largest absolute Gasteiger partial charge is 0.452 e. The van der Waals surface area contributed by atoms with Crippen LogP contribution in [0.5, 0.6) is 0 Å². The van der Waals surface area contributed by atoms with E-state index in [1.165, 1.54) is 13.8 Å². The molecule has 2 aliphatic rings. The number of nitrogens with one attached hydrogen (secondary N) is 1. The lowest BCUT2D eigenvalue weighted by Crippen LogP contribution is -2.72. The summed E-state index contributed by atoms with van der Waals surface area (Å²) in [6, 6.07) is -1.02. The molecule has 136 valence electrons. The standard InChI is InChI=1S/C14H21NO9/c1-3-9(20)23-14-4-7(18)10(15-6(2)17)12(24-14)11(8(19)5-16)22-13(14)21/h7-8,10-12,16,18-19H,3-5H2,1-2H3,(H,15,17)/t7-,8+,10+,11+,12+,14-/m0/s1. The summed E-state index contributed by atoms with van der Waals surface area (Å²) in [6.45, 7) is 2.00. The fourth-order valence-corrected chi connectivity index (χ4v) is 2.82. The van der Waals surface area contributed by atoms with Crippen LogP contribution in [0.3, 0.4) is 0 Å². The maximum absolute atomic E-state index is 12.3. The Kier molecular flexibility index (Phi) is 5.43. The summed E-state index contributed by atoms with van der Waals surface area (Å²) >= 11 is 0. The zero-order valence-electron chi connectivity index (χ0n) is 13.3. The van der Waals surface area contributed by atoms with Crippen LogP contribution in [0, 0.1) is 0 Å². The summed E-state index contributed by atoms with van der Waals surface area (Å²) in [5.41, 5.74) is 0. The van der Waals surface area contributed by atoms with Crippen LogP contribution in [0.1, 0.15) is 26.7 Å². The summed E-state index contributed by atoms with van der Waals surface area (Å²) < 4.78 is 15.7. The number of aliphatic hydroxyl groups excluding tert-OH is 3. The molecule has 2 fully saturated rings. The molecule has 0 spiro atoms. The fraction of sp³-hybridized carbons (Fsp3) is 0.786. The highest BCUT2D eigenvalue weighted by molar-refractivity contribution is 5.83. The van der Waals surface area contributed by atoms with Gasteiger partial charge in [0.2, 0.25) is 5.91 Å². The van der Waals surface area contributed by atoms with E-state index in [0.29, 0.717) is 0 Å². The third-order valence-corrected chi connectivity index (χ3v) is 3.95. The van der Waals surface area contributed by atoms with Gasteiger partial charge in [0.05, 0.1) is 25.2 Å². The molecule has 0 aromatic carbocycles. The predicted molar refractivity (Wildman–Crippen MR) is 75.2 cm³/mol. The maximum atomic E-state index is 12.3. The van der Waals surface area contributed by atoms with E-state index in [0.717, 1.165) is 0 Å². The molecule has 10 nitrogen and oxygen atoms in total. The van der Waals surface area contributed by atoms with Crippen LogP contribution in [0.2, 0.25) is 0 Å². The van der Waals surface area contributed by atoms with Crippen LogP contribution in [-0.4, -0.2) is 76.0 Å². The van der Waals surface area contributed by atoms with E-state index in [1.807, 2.05) is 0 Å². The molecule has 24 heavy (non-hydrogen) atoms. The minimum absolute atomic E-state index is 0.0308. The molecule has 0 unspecified atom stereocenters. The Morgan fingerprint density at radius 2 is 2.17 bits per heavy atom. The zero-order valence-corrected chi connectivity index (χ0v) is 13.3. The lowest BCUT2D eigenvalue weighted by atomic mass is 9.86. The number of esters is 2. The van der Waals surface area contributed by atoms with Crippen LogP contribution >= 0.6 is 0 Å². The van der Waals surface area contributed by atoms with Crippen molar-refractivity contribution in [2.75, 3.05) is 6.61 Å². The van der Waals surface area contributed by atoms with Gasteiger partial charge in [0.15, 0.2) is 6.10 Å². The molecule has 0 radical (unpaired) electrons. The van der Waals surface area contributed by atoms with Gasteiger partial charge in [-0.15, -0.1) is 0 Å². The van der Waals surface area contributed by atoms with Crippen molar-refractivity contribution in [2.45, 2.75) is 62.9 Å². The van der Waals surface area contributed by atoms with Crippen molar-refractivity contribution in [3.63, 3.8) is 0 Å². The predicted octanol–water partition coefficient (Wildman–Crippen LogP) is -2.43. The molecule has 2 bridgehead atoms. The van der Waals surface area contributed by atoms with Crippen LogP contribution < -0.4 is 5.32 Å². The number of hydrogen-bond acceptors (Lipinski definition) is 9. The molecule has 0 aliphatic carbocycles. The van der Waals surface area contributed by atoms with Crippen molar-refractivity contribution in [3.05, 3.63) is 0 Å². The van der Waals surface area contributed by atoms with E-state index in [9.17, 15) is 24.6 Å². The van der Waals surface area contributed by atoms with Crippen molar-refractivity contribution in [1.82, 2.24) is 5.32 Å². The molecule has 2 rings (SSSR count). The highest BCUT2D eigenvalue weighted by atomic mass is 16.8. The summed E-state index contributed by atoms with van der Waals surface area (Å²) in [5, 5.41) is 31.8. The van der Waals surface area contributed by atoms with Gasteiger partial charge in [0, 0.05) is 13.3 Å². The second kappa shape index (κ2) is 7.01. The number of carbonyl (C=O) groups excluding carboxylic acids is 3. The van der Waals surface area contributed by atoms with Crippen LogP contribution in [0.25, 0.3) is 0 Å². The Hall–Kier alpha value is -1.75. The van der Waals surface area contributed by atoms with E-state index in [-0.39, 0.29) is 6.42 Å². The normalized spacial score (nSPS) is 36.5. The van der Waals surface area contributed by atoms with E-state index in [4.69, 9.17) is 19.3 Å². The molecule has 4 N–H and O–H groups in total. The molecule has 0 aromatic rings. The van der Waals surface area contributed by atoms with E-state index >= 15 is 0 Å². The van der Waals surface area contributed by atoms with Gasteiger partial charge in [-0.25, -0.2) is 4.79 Å². The Balaban J connectivity index is 2.35. The average molecular weight is 347 g/mol. The molecular formula is C14H21NO9. The summed E-state index contributed by atoms with van der Waals surface area (Å²) in [7, 11) is 0. The van der Waals surface area contributed by atoms with E-state index < -0.39 is 67.1 Å². The van der Waals surface area contributed by atoms with Gasteiger partial charge in [-0.1, -0.05) is 6.92 Å². The molecular weight excluding hydrogens is 326 g/mol. The number of amides is 1. The number of fused-ring (bicyclic) bond motifs is 2. The first kappa shape index (κ1) is 18.6. The van der Waals surface area contributed by atoms with Crippen molar-refractivity contribution in [3.8, 4) is 0 Å². The van der Waals surface area contributed by atoms with Crippen molar-refractivity contribution < 1.29 is 43.9 Å². The molecule has 2 heterocycles. The summed E-state index contributed by atoms with van der Waals surface area (Å²) in [6.07, 6.45) is -5.80. The second-order valence-corrected chi connectivity index (χ2v) is 5.78.